The summed E-state index contributed by atoms with van der Waals surface area (Å²) in [6.07, 6.45) is -0.161. The number of rotatable bonds is 7. The zero-order chi connectivity index (χ0) is 15.2. The van der Waals surface area contributed by atoms with Crippen LogP contribution in [0, 0.1) is 0 Å². The van der Waals surface area contributed by atoms with Crippen LogP contribution in [0.2, 0.25) is 0 Å². The van der Waals surface area contributed by atoms with Crippen molar-refractivity contribution in [1.82, 2.24) is 0 Å². The van der Waals surface area contributed by atoms with Crippen LogP contribution in [0.5, 0.6) is 5.75 Å². The van der Waals surface area contributed by atoms with Gasteiger partial charge >= 0.3 is 5.97 Å². The molecule has 0 aliphatic rings. The fraction of sp³-hybridized carbons (Fsp3) is 0.235. The summed E-state index contributed by atoms with van der Waals surface area (Å²) in [5, 5.41) is 20.6. The molecule has 2 N–H and O–H groups in total. The molecule has 0 fully saturated rings. The van der Waals surface area contributed by atoms with E-state index in [1.165, 1.54) is 0 Å². The van der Waals surface area contributed by atoms with E-state index in [1.807, 2.05) is 42.5 Å². The largest absolute Gasteiger partial charge is 0.490 e. The van der Waals surface area contributed by atoms with Crippen molar-refractivity contribution in [2.75, 3.05) is 6.61 Å². The predicted molar refractivity (Wildman–Crippen MR) is 81.5 cm³/mol. The molecule has 0 aromatic heterocycles. The predicted octanol–water partition coefficient (Wildman–Crippen LogP) is 3.00. The number of hydrogen-bond donors (Lipinski definition) is 2. The van der Waals surface area contributed by atoms with Crippen LogP contribution >= 0.6 is 0 Å². The third kappa shape index (κ3) is 4.07. The maximum Gasteiger partial charge on any atom is 0.330 e. The van der Waals surface area contributed by atoms with Crippen molar-refractivity contribution in [3.8, 4) is 5.75 Å². The number of carboxylic acid groups (broad SMARTS) is 1. The van der Waals surface area contributed by atoms with Gasteiger partial charge in [-0.25, -0.2) is 4.79 Å². The Hall–Kier alpha value is -2.33. The topological polar surface area (TPSA) is 66.8 Å². The third-order valence-electron chi connectivity index (χ3n) is 3.26. The zero-order valence-electron chi connectivity index (χ0n) is 11.7. The van der Waals surface area contributed by atoms with Crippen LogP contribution in [0.15, 0.2) is 54.6 Å². The molecule has 0 bridgehead atoms. The SMILES string of the molecule is C=C(CCC(O)COc1cccc2ccccc12)C(=O)O. The number of aliphatic carboxylic acids is 1. The molecule has 0 radical (unpaired) electrons. The van der Waals surface area contributed by atoms with Crippen LogP contribution < -0.4 is 4.74 Å². The smallest absolute Gasteiger partial charge is 0.330 e. The van der Waals surface area contributed by atoms with Crippen LogP contribution in [0.4, 0.5) is 0 Å². The van der Waals surface area contributed by atoms with Crippen molar-refractivity contribution in [2.45, 2.75) is 18.9 Å². The monoisotopic (exact) mass is 286 g/mol. The highest BCUT2D eigenvalue weighted by molar-refractivity contribution is 5.88. The molecule has 0 saturated carbocycles. The van der Waals surface area contributed by atoms with Crippen molar-refractivity contribution in [3.63, 3.8) is 0 Å². The summed E-state index contributed by atoms with van der Waals surface area (Å²) in [6, 6.07) is 13.6. The number of ether oxygens (including phenoxy) is 1. The maximum atomic E-state index is 10.6. The maximum absolute atomic E-state index is 10.6. The first-order valence-electron chi connectivity index (χ1n) is 6.77. The summed E-state index contributed by atoms with van der Waals surface area (Å²) in [4.78, 5) is 10.6. The molecule has 2 rings (SSSR count). The van der Waals surface area contributed by atoms with Crippen molar-refractivity contribution in [1.29, 1.82) is 0 Å². The highest BCUT2D eigenvalue weighted by Crippen LogP contribution is 2.25. The Morgan fingerprint density at radius 2 is 1.90 bits per heavy atom. The summed E-state index contributed by atoms with van der Waals surface area (Å²) < 4.78 is 5.65. The summed E-state index contributed by atoms with van der Waals surface area (Å²) in [6.45, 7) is 3.56. The highest BCUT2D eigenvalue weighted by atomic mass is 16.5. The first-order valence-corrected chi connectivity index (χ1v) is 6.77. The summed E-state index contributed by atoms with van der Waals surface area (Å²) in [5.41, 5.74) is 0.0965. The molecule has 0 spiro atoms. The zero-order valence-corrected chi connectivity index (χ0v) is 11.7. The summed E-state index contributed by atoms with van der Waals surface area (Å²) in [7, 11) is 0. The van der Waals surface area contributed by atoms with E-state index in [0.717, 1.165) is 10.8 Å². The van der Waals surface area contributed by atoms with Crippen LogP contribution in [0.1, 0.15) is 12.8 Å². The number of fused-ring (bicyclic) bond motifs is 1. The normalized spacial score (nSPS) is 12.0. The number of hydrogen-bond acceptors (Lipinski definition) is 3. The van der Waals surface area contributed by atoms with E-state index < -0.39 is 12.1 Å². The molecule has 4 heteroatoms. The second-order valence-electron chi connectivity index (χ2n) is 4.89. The summed E-state index contributed by atoms with van der Waals surface area (Å²) >= 11 is 0. The standard InChI is InChI=1S/C17H18O4/c1-12(17(19)20)9-10-14(18)11-21-16-8-4-6-13-5-2-3-7-15(13)16/h2-8,14,18H,1,9-11H2,(H,19,20). The average Bonchev–Trinajstić information content (AvgIpc) is 2.50. The first kappa shape index (κ1) is 15.1. The van der Waals surface area contributed by atoms with E-state index >= 15 is 0 Å². The Morgan fingerprint density at radius 1 is 1.19 bits per heavy atom. The molecule has 21 heavy (non-hydrogen) atoms. The van der Waals surface area contributed by atoms with Gasteiger partial charge in [0.2, 0.25) is 0 Å². The lowest BCUT2D eigenvalue weighted by atomic mass is 10.1. The van der Waals surface area contributed by atoms with Crippen LogP contribution in [-0.2, 0) is 4.79 Å². The van der Waals surface area contributed by atoms with E-state index in [0.29, 0.717) is 12.2 Å². The van der Waals surface area contributed by atoms with Crippen LogP contribution in [-0.4, -0.2) is 28.9 Å². The van der Waals surface area contributed by atoms with Crippen LogP contribution in [0.25, 0.3) is 10.8 Å². The molecule has 1 unspecified atom stereocenters. The minimum Gasteiger partial charge on any atom is -0.490 e. The molecule has 0 aliphatic carbocycles. The second-order valence-corrected chi connectivity index (χ2v) is 4.89. The molecule has 2 aromatic carbocycles. The van der Waals surface area contributed by atoms with Crippen molar-refractivity contribution in [2.24, 2.45) is 0 Å². The Balaban J connectivity index is 1.92. The van der Waals surface area contributed by atoms with Crippen molar-refractivity contribution < 1.29 is 19.7 Å². The van der Waals surface area contributed by atoms with Crippen LogP contribution in [0.3, 0.4) is 0 Å². The molecule has 0 amide bonds. The van der Waals surface area contributed by atoms with Gasteiger partial charge < -0.3 is 14.9 Å². The lowest BCUT2D eigenvalue weighted by Crippen LogP contribution is -2.18. The molecule has 110 valence electrons. The van der Waals surface area contributed by atoms with Gasteiger partial charge in [0.05, 0.1) is 6.10 Å². The minimum atomic E-state index is -1.03. The van der Waals surface area contributed by atoms with Gasteiger partial charge in [-0.05, 0) is 24.3 Å². The molecular formula is C17H18O4. The van der Waals surface area contributed by atoms with E-state index in [1.54, 1.807) is 0 Å². The molecule has 0 heterocycles. The van der Waals surface area contributed by atoms with Gasteiger partial charge in [-0.15, -0.1) is 0 Å². The Bertz CT molecular complexity index is 643. The number of aliphatic hydroxyl groups excluding tert-OH is 1. The fourth-order valence-electron chi connectivity index (χ4n) is 2.04. The lowest BCUT2D eigenvalue weighted by molar-refractivity contribution is -0.132. The van der Waals surface area contributed by atoms with Gasteiger partial charge in [-0.3, -0.25) is 0 Å². The number of aliphatic hydroxyl groups is 1. The first-order chi connectivity index (χ1) is 10.1. The molecule has 4 nitrogen and oxygen atoms in total. The van der Waals surface area contributed by atoms with Crippen molar-refractivity contribution >= 4 is 16.7 Å². The third-order valence-corrected chi connectivity index (χ3v) is 3.26. The van der Waals surface area contributed by atoms with E-state index in [4.69, 9.17) is 9.84 Å². The lowest BCUT2D eigenvalue weighted by Gasteiger charge is -2.13. The van der Waals surface area contributed by atoms with Gasteiger partial charge in [0, 0.05) is 11.0 Å². The molecule has 1 atom stereocenters. The number of carbonyl (C=O) groups is 1. The Labute approximate surface area is 123 Å². The average molecular weight is 286 g/mol. The van der Waals surface area contributed by atoms with E-state index in [9.17, 15) is 9.90 Å². The second kappa shape index (κ2) is 6.90. The molecule has 2 aromatic rings. The van der Waals surface area contributed by atoms with E-state index in [2.05, 4.69) is 6.58 Å². The van der Waals surface area contributed by atoms with E-state index in [-0.39, 0.29) is 18.6 Å². The Morgan fingerprint density at radius 3 is 2.67 bits per heavy atom. The number of benzene rings is 2. The minimum absolute atomic E-state index is 0.0965. The molecular weight excluding hydrogens is 268 g/mol. The van der Waals surface area contributed by atoms with Crippen molar-refractivity contribution in [3.05, 3.63) is 54.6 Å². The van der Waals surface area contributed by atoms with Gasteiger partial charge in [-0.2, -0.15) is 0 Å². The quantitative estimate of drug-likeness (QED) is 0.768. The Kier molecular flexibility index (Phi) is 4.95. The number of carboxylic acids is 1. The van der Waals surface area contributed by atoms with Gasteiger partial charge in [-0.1, -0.05) is 43.0 Å². The van der Waals surface area contributed by atoms with Gasteiger partial charge in [0.1, 0.15) is 12.4 Å². The molecule has 0 saturated heterocycles. The fourth-order valence-corrected chi connectivity index (χ4v) is 2.04. The highest BCUT2D eigenvalue weighted by Gasteiger charge is 2.10. The summed E-state index contributed by atoms with van der Waals surface area (Å²) in [5.74, 6) is -0.318. The van der Waals surface area contributed by atoms with Gasteiger partial charge in [0.15, 0.2) is 0 Å². The molecule has 0 aliphatic heterocycles. The van der Waals surface area contributed by atoms with Gasteiger partial charge in [0.25, 0.3) is 0 Å².